The van der Waals surface area contributed by atoms with Crippen LogP contribution in [0.3, 0.4) is 0 Å². The zero-order valence-corrected chi connectivity index (χ0v) is 24.1. The summed E-state index contributed by atoms with van der Waals surface area (Å²) in [5.41, 5.74) is 2.23. The molecule has 0 spiro atoms. The third-order valence-corrected chi connectivity index (χ3v) is 9.85. The van der Waals surface area contributed by atoms with E-state index in [-0.39, 0.29) is 0 Å². The molecule has 214 valence electrons. The van der Waals surface area contributed by atoms with Gasteiger partial charge < -0.3 is 15.1 Å². The van der Waals surface area contributed by atoms with E-state index in [0.717, 1.165) is 75.1 Å². The normalized spacial score (nSPS) is 19.8. The number of sulfonamides is 1. The molecule has 41 heavy (non-hydrogen) atoms. The molecule has 6 rings (SSSR count). The van der Waals surface area contributed by atoms with E-state index in [1.165, 1.54) is 5.69 Å². The van der Waals surface area contributed by atoms with E-state index in [4.69, 9.17) is 9.97 Å². The van der Waals surface area contributed by atoms with Crippen LogP contribution >= 0.6 is 0 Å². The summed E-state index contributed by atoms with van der Waals surface area (Å²) >= 11 is 0. The van der Waals surface area contributed by atoms with Crippen LogP contribution in [0, 0.1) is 11.8 Å². The van der Waals surface area contributed by atoms with Gasteiger partial charge in [0.1, 0.15) is 5.82 Å². The summed E-state index contributed by atoms with van der Waals surface area (Å²) in [6.07, 6.45) is 4.15. The van der Waals surface area contributed by atoms with E-state index in [1.54, 1.807) is 24.3 Å². The molecule has 4 aromatic rings. The second kappa shape index (κ2) is 12.4. The number of hydrogen-bond acceptors (Lipinski definition) is 7. The Morgan fingerprint density at radius 2 is 1.27 bits per heavy atom. The Balaban J connectivity index is 1.04. The average molecular weight is 571 g/mol. The van der Waals surface area contributed by atoms with Gasteiger partial charge in [0.15, 0.2) is 0 Å². The van der Waals surface area contributed by atoms with E-state index >= 15 is 0 Å². The molecule has 2 fully saturated rings. The Bertz CT molecular complexity index is 1530. The maximum atomic E-state index is 12.6. The molecule has 8 nitrogen and oxygen atoms in total. The van der Waals surface area contributed by atoms with Crippen molar-refractivity contribution in [1.29, 1.82) is 0 Å². The highest BCUT2D eigenvalue weighted by Crippen LogP contribution is 2.30. The number of aromatic nitrogens is 2. The monoisotopic (exact) mass is 570 g/mol. The Kier molecular flexibility index (Phi) is 8.34. The number of nitrogens with zero attached hydrogens (tertiary/aromatic N) is 4. The molecule has 1 aromatic heterocycles. The number of benzene rings is 3. The molecule has 2 heterocycles. The summed E-state index contributed by atoms with van der Waals surface area (Å²) in [4.78, 5) is 15.0. The SMILES string of the molecule is O=S(=O)(NC[C@H]1CC[C@H](CNc2nc(N3CCN(c4ccccc4)CC3)c3ccccc3n2)CC1)c1ccccc1. The molecule has 3 aromatic carbocycles. The maximum absolute atomic E-state index is 12.6. The van der Waals surface area contributed by atoms with E-state index < -0.39 is 10.0 Å². The summed E-state index contributed by atoms with van der Waals surface area (Å²) in [6.45, 7) is 5.04. The molecule has 0 atom stereocenters. The first-order chi connectivity index (χ1) is 20.0. The van der Waals surface area contributed by atoms with Crippen molar-refractivity contribution in [3.05, 3.63) is 84.9 Å². The van der Waals surface area contributed by atoms with Crippen LogP contribution in [-0.2, 0) is 10.0 Å². The Hall–Kier alpha value is -3.69. The van der Waals surface area contributed by atoms with Crippen molar-refractivity contribution >= 4 is 38.4 Å². The Morgan fingerprint density at radius 3 is 1.98 bits per heavy atom. The molecule has 2 N–H and O–H groups in total. The van der Waals surface area contributed by atoms with Crippen molar-refractivity contribution < 1.29 is 8.42 Å². The Morgan fingerprint density at radius 1 is 0.683 bits per heavy atom. The van der Waals surface area contributed by atoms with Gasteiger partial charge in [0.05, 0.1) is 10.4 Å². The summed E-state index contributed by atoms with van der Waals surface area (Å²) in [7, 11) is -3.45. The molecular formula is C32H38N6O2S. The minimum absolute atomic E-state index is 0.325. The van der Waals surface area contributed by atoms with E-state index in [1.807, 2.05) is 12.1 Å². The fourth-order valence-electron chi connectivity index (χ4n) is 5.98. The predicted molar refractivity (Wildman–Crippen MR) is 166 cm³/mol. The number of nitrogens with one attached hydrogen (secondary N) is 2. The summed E-state index contributed by atoms with van der Waals surface area (Å²) in [5.74, 6) is 2.56. The molecule has 1 saturated carbocycles. The number of hydrogen-bond donors (Lipinski definition) is 2. The van der Waals surface area contributed by atoms with Crippen LogP contribution in [0.15, 0.2) is 89.8 Å². The van der Waals surface area contributed by atoms with Crippen LogP contribution in [-0.4, -0.2) is 57.7 Å². The quantitative estimate of drug-likeness (QED) is 0.288. The van der Waals surface area contributed by atoms with Gasteiger partial charge >= 0.3 is 0 Å². The molecule has 0 unspecified atom stereocenters. The van der Waals surface area contributed by atoms with Crippen LogP contribution in [0.5, 0.6) is 0 Å². The largest absolute Gasteiger partial charge is 0.368 e. The van der Waals surface area contributed by atoms with Crippen molar-refractivity contribution in [3.63, 3.8) is 0 Å². The standard InChI is InChI=1S/C32H38N6O2S/c39-41(40,28-11-5-2-6-12-28)34-24-26-17-15-25(16-18-26)23-33-32-35-30-14-8-7-13-29(30)31(36-32)38-21-19-37(20-22-38)27-9-3-1-4-10-27/h1-14,25-26,34H,15-24H2,(H,33,35,36)/t25-,26-. The van der Waals surface area contributed by atoms with Gasteiger partial charge in [-0.15, -0.1) is 0 Å². The van der Waals surface area contributed by atoms with Crippen LogP contribution in [0.25, 0.3) is 10.9 Å². The molecule has 1 aliphatic heterocycles. The van der Waals surface area contributed by atoms with Crippen molar-refractivity contribution in [3.8, 4) is 0 Å². The van der Waals surface area contributed by atoms with E-state index in [9.17, 15) is 8.42 Å². The number of para-hydroxylation sites is 2. The van der Waals surface area contributed by atoms with Gasteiger partial charge in [-0.05, 0) is 73.9 Å². The smallest absolute Gasteiger partial charge is 0.240 e. The lowest BCUT2D eigenvalue weighted by molar-refractivity contribution is 0.284. The molecule has 2 aliphatic rings. The second-order valence-corrected chi connectivity index (χ2v) is 12.9. The van der Waals surface area contributed by atoms with E-state index in [0.29, 0.717) is 29.2 Å². The molecule has 1 saturated heterocycles. The average Bonchev–Trinajstić information content (AvgIpc) is 3.04. The van der Waals surface area contributed by atoms with E-state index in [2.05, 4.69) is 68.4 Å². The molecular weight excluding hydrogens is 532 g/mol. The van der Waals surface area contributed by atoms with Crippen molar-refractivity contribution in [2.24, 2.45) is 11.8 Å². The van der Waals surface area contributed by atoms with Gasteiger partial charge in [0.25, 0.3) is 0 Å². The maximum Gasteiger partial charge on any atom is 0.240 e. The van der Waals surface area contributed by atoms with Gasteiger partial charge in [0.2, 0.25) is 16.0 Å². The number of rotatable bonds is 9. The lowest BCUT2D eigenvalue weighted by Crippen LogP contribution is -2.47. The topological polar surface area (TPSA) is 90.5 Å². The highest BCUT2D eigenvalue weighted by atomic mass is 32.2. The minimum Gasteiger partial charge on any atom is -0.368 e. The Labute approximate surface area is 242 Å². The third kappa shape index (κ3) is 6.63. The summed E-state index contributed by atoms with van der Waals surface area (Å²) < 4.78 is 28.0. The van der Waals surface area contributed by atoms with Crippen LogP contribution in [0.2, 0.25) is 0 Å². The molecule has 0 amide bonds. The van der Waals surface area contributed by atoms with Gasteiger partial charge in [-0.25, -0.2) is 18.1 Å². The fourth-order valence-corrected chi connectivity index (χ4v) is 7.12. The lowest BCUT2D eigenvalue weighted by atomic mass is 9.82. The lowest BCUT2D eigenvalue weighted by Gasteiger charge is -2.37. The van der Waals surface area contributed by atoms with Crippen molar-refractivity contribution in [2.75, 3.05) is 54.4 Å². The summed E-state index contributed by atoms with van der Waals surface area (Å²) in [5, 5.41) is 4.63. The number of piperazine rings is 1. The zero-order valence-electron chi connectivity index (χ0n) is 23.3. The van der Waals surface area contributed by atoms with Gasteiger partial charge in [0, 0.05) is 50.3 Å². The second-order valence-electron chi connectivity index (χ2n) is 11.1. The number of fused-ring (bicyclic) bond motifs is 1. The number of anilines is 3. The highest BCUT2D eigenvalue weighted by molar-refractivity contribution is 7.89. The van der Waals surface area contributed by atoms with Crippen molar-refractivity contribution in [1.82, 2.24) is 14.7 Å². The molecule has 1 aliphatic carbocycles. The first-order valence-electron chi connectivity index (χ1n) is 14.7. The van der Waals surface area contributed by atoms with Crippen LogP contribution < -0.4 is 19.8 Å². The molecule has 0 radical (unpaired) electrons. The first-order valence-corrected chi connectivity index (χ1v) is 16.1. The summed E-state index contributed by atoms with van der Waals surface area (Å²) in [6, 6.07) is 27.5. The fraction of sp³-hybridized carbons (Fsp3) is 0.375. The minimum atomic E-state index is -3.45. The molecule has 0 bridgehead atoms. The van der Waals surface area contributed by atoms with Crippen LogP contribution in [0.4, 0.5) is 17.5 Å². The van der Waals surface area contributed by atoms with Gasteiger partial charge in [-0.3, -0.25) is 0 Å². The third-order valence-electron chi connectivity index (χ3n) is 8.41. The van der Waals surface area contributed by atoms with Gasteiger partial charge in [-0.1, -0.05) is 48.5 Å². The van der Waals surface area contributed by atoms with Crippen LogP contribution in [0.1, 0.15) is 25.7 Å². The van der Waals surface area contributed by atoms with Gasteiger partial charge in [-0.2, -0.15) is 4.98 Å². The molecule has 9 heteroatoms. The zero-order chi connectivity index (χ0) is 28.1. The predicted octanol–water partition coefficient (Wildman–Crippen LogP) is 5.15. The van der Waals surface area contributed by atoms with Crippen molar-refractivity contribution in [2.45, 2.75) is 30.6 Å². The highest BCUT2D eigenvalue weighted by Gasteiger charge is 2.25. The first kappa shape index (κ1) is 27.5.